The molecule has 0 N–H and O–H groups in total. The number of hydrogen-bond acceptors (Lipinski definition) is 5. The molecule has 0 aliphatic carbocycles. The number of aromatic nitrogens is 4. The molecule has 0 amide bonds. The van der Waals surface area contributed by atoms with Crippen LogP contribution in [0.15, 0.2) is 18.2 Å². The molecule has 0 spiro atoms. The van der Waals surface area contributed by atoms with Crippen LogP contribution in [0.25, 0.3) is 16.6 Å². The van der Waals surface area contributed by atoms with Gasteiger partial charge >= 0.3 is 0 Å². The predicted octanol–water partition coefficient (Wildman–Crippen LogP) is 1.65. The third-order valence-corrected chi connectivity index (χ3v) is 4.30. The summed E-state index contributed by atoms with van der Waals surface area (Å²) in [6.45, 7) is 8.05. The van der Waals surface area contributed by atoms with E-state index >= 15 is 0 Å². The van der Waals surface area contributed by atoms with Gasteiger partial charge in [-0.2, -0.15) is 4.52 Å². The zero-order valence-electron chi connectivity index (χ0n) is 13.2. The molecule has 0 bridgehead atoms. The van der Waals surface area contributed by atoms with Gasteiger partial charge in [0, 0.05) is 31.6 Å². The van der Waals surface area contributed by atoms with Crippen molar-refractivity contribution in [2.75, 3.05) is 38.1 Å². The van der Waals surface area contributed by atoms with Crippen LogP contribution in [0.2, 0.25) is 0 Å². The van der Waals surface area contributed by atoms with E-state index in [4.69, 9.17) is 4.98 Å². The first-order valence-electron chi connectivity index (χ1n) is 7.69. The molecule has 6 nitrogen and oxygen atoms in total. The van der Waals surface area contributed by atoms with E-state index in [1.165, 1.54) is 5.56 Å². The lowest BCUT2D eigenvalue weighted by Gasteiger charge is -2.33. The van der Waals surface area contributed by atoms with Crippen LogP contribution in [-0.2, 0) is 0 Å². The summed E-state index contributed by atoms with van der Waals surface area (Å²) < 4.78 is 1.91. The van der Waals surface area contributed by atoms with Crippen molar-refractivity contribution in [3.63, 3.8) is 0 Å². The summed E-state index contributed by atoms with van der Waals surface area (Å²) in [4.78, 5) is 14.1. The molecule has 0 atom stereocenters. The summed E-state index contributed by atoms with van der Waals surface area (Å²) in [7, 11) is 2.16. The molecular weight excluding hydrogens is 276 g/mol. The average Bonchev–Trinajstić information content (AvgIpc) is 2.89. The maximum atomic E-state index is 4.87. The van der Waals surface area contributed by atoms with Gasteiger partial charge in [-0.25, -0.2) is 9.97 Å². The first-order valence-corrected chi connectivity index (χ1v) is 7.69. The standard InChI is InChI=1S/C16H20N6/c1-11-4-5-14-13(10-11)15-17-12(2)19-22(15)16(18-14)21-8-6-20(3)7-9-21/h4-5,10H,6-9H2,1-3H3. The number of hydrogen-bond donors (Lipinski definition) is 0. The van der Waals surface area contributed by atoms with Crippen LogP contribution in [0, 0.1) is 13.8 Å². The summed E-state index contributed by atoms with van der Waals surface area (Å²) in [6, 6.07) is 6.32. The van der Waals surface area contributed by atoms with Gasteiger partial charge < -0.3 is 9.80 Å². The normalized spacial score (nSPS) is 16.8. The number of anilines is 1. The van der Waals surface area contributed by atoms with Gasteiger partial charge in [0.15, 0.2) is 5.65 Å². The van der Waals surface area contributed by atoms with Crippen molar-refractivity contribution in [1.82, 2.24) is 24.5 Å². The molecule has 0 saturated carbocycles. The third kappa shape index (κ3) is 2.11. The fraction of sp³-hybridized carbons (Fsp3) is 0.438. The molecule has 1 aliphatic heterocycles. The number of fused-ring (bicyclic) bond motifs is 3. The quantitative estimate of drug-likeness (QED) is 0.683. The van der Waals surface area contributed by atoms with Gasteiger partial charge in [0.05, 0.1) is 5.52 Å². The predicted molar refractivity (Wildman–Crippen MR) is 87.5 cm³/mol. The molecule has 1 aliphatic rings. The number of likely N-dealkylation sites (N-methyl/N-ethyl adjacent to an activating group) is 1. The van der Waals surface area contributed by atoms with E-state index in [0.717, 1.165) is 54.5 Å². The highest BCUT2D eigenvalue weighted by Crippen LogP contribution is 2.24. The molecule has 3 aromatic rings. The van der Waals surface area contributed by atoms with E-state index < -0.39 is 0 Å². The number of rotatable bonds is 1. The van der Waals surface area contributed by atoms with Crippen LogP contribution in [0.3, 0.4) is 0 Å². The molecule has 3 heterocycles. The molecule has 0 unspecified atom stereocenters. The molecule has 1 fully saturated rings. The highest BCUT2D eigenvalue weighted by molar-refractivity contribution is 5.92. The number of benzene rings is 1. The SMILES string of the molecule is Cc1ccc2nc(N3CCN(C)CC3)n3nc(C)nc3c2c1. The zero-order valence-corrected chi connectivity index (χ0v) is 13.2. The van der Waals surface area contributed by atoms with Crippen molar-refractivity contribution in [2.45, 2.75) is 13.8 Å². The Morgan fingerprint density at radius 1 is 1.00 bits per heavy atom. The maximum Gasteiger partial charge on any atom is 0.229 e. The third-order valence-electron chi connectivity index (χ3n) is 4.30. The van der Waals surface area contributed by atoms with Crippen molar-refractivity contribution < 1.29 is 0 Å². The minimum Gasteiger partial charge on any atom is -0.338 e. The Morgan fingerprint density at radius 2 is 1.77 bits per heavy atom. The highest BCUT2D eigenvalue weighted by Gasteiger charge is 2.20. The summed E-state index contributed by atoms with van der Waals surface area (Å²) in [5, 5.41) is 5.64. The first kappa shape index (κ1) is 13.5. The van der Waals surface area contributed by atoms with Crippen molar-refractivity contribution >= 4 is 22.5 Å². The van der Waals surface area contributed by atoms with Crippen LogP contribution >= 0.6 is 0 Å². The van der Waals surface area contributed by atoms with E-state index in [9.17, 15) is 0 Å². The first-order chi connectivity index (χ1) is 10.6. The Morgan fingerprint density at radius 3 is 2.55 bits per heavy atom. The van der Waals surface area contributed by atoms with Crippen LogP contribution in [-0.4, -0.2) is 57.7 Å². The Balaban J connectivity index is 1.94. The molecule has 1 saturated heterocycles. The molecule has 4 rings (SSSR count). The number of piperazine rings is 1. The second kappa shape index (κ2) is 4.91. The second-order valence-electron chi connectivity index (χ2n) is 6.12. The monoisotopic (exact) mass is 296 g/mol. The molecule has 114 valence electrons. The van der Waals surface area contributed by atoms with E-state index in [0.29, 0.717) is 0 Å². The molecule has 1 aromatic carbocycles. The zero-order chi connectivity index (χ0) is 15.3. The highest BCUT2D eigenvalue weighted by atomic mass is 15.4. The Kier molecular flexibility index (Phi) is 3.00. The Hall–Kier alpha value is -2.21. The largest absolute Gasteiger partial charge is 0.338 e. The smallest absolute Gasteiger partial charge is 0.229 e. The molecule has 2 aromatic heterocycles. The number of aryl methyl sites for hydroxylation is 2. The van der Waals surface area contributed by atoms with Gasteiger partial charge in [0.1, 0.15) is 5.82 Å². The van der Waals surface area contributed by atoms with Crippen LogP contribution in [0.4, 0.5) is 5.95 Å². The van der Waals surface area contributed by atoms with E-state index in [2.05, 4.69) is 52.1 Å². The summed E-state index contributed by atoms with van der Waals surface area (Å²) in [5.41, 5.74) is 3.10. The lowest BCUT2D eigenvalue weighted by Crippen LogP contribution is -2.45. The summed E-state index contributed by atoms with van der Waals surface area (Å²) in [5.74, 6) is 1.69. The fourth-order valence-corrected chi connectivity index (χ4v) is 3.02. The van der Waals surface area contributed by atoms with Crippen molar-refractivity contribution in [3.8, 4) is 0 Å². The van der Waals surface area contributed by atoms with Crippen molar-refractivity contribution in [3.05, 3.63) is 29.6 Å². The topological polar surface area (TPSA) is 49.6 Å². The Bertz CT molecular complexity index is 845. The van der Waals surface area contributed by atoms with Gasteiger partial charge in [0.25, 0.3) is 0 Å². The Labute approximate surface area is 129 Å². The van der Waals surface area contributed by atoms with Crippen molar-refractivity contribution in [1.29, 1.82) is 0 Å². The van der Waals surface area contributed by atoms with Crippen molar-refractivity contribution in [2.24, 2.45) is 0 Å². The molecule has 6 heteroatoms. The molecule has 0 radical (unpaired) electrons. The average molecular weight is 296 g/mol. The van der Waals surface area contributed by atoms with Gasteiger partial charge in [-0.15, -0.1) is 5.10 Å². The van der Waals surface area contributed by atoms with Gasteiger partial charge in [-0.05, 0) is 33.0 Å². The van der Waals surface area contributed by atoms with Gasteiger partial charge in [-0.1, -0.05) is 11.6 Å². The van der Waals surface area contributed by atoms with Gasteiger partial charge in [-0.3, -0.25) is 0 Å². The lowest BCUT2D eigenvalue weighted by atomic mass is 10.1. The fourth-order valence-electron chi connectivity index (χ4n) is 3.02. The van der Waals surface area contributed by atoms with Crippen LogP contribution in [0.5, 0.6) is 0 Å². The van der Waals surface area contributed by atoms with E-state index in [1.54, 1.807) is 0 Å². The van der Waals surface area contributed by atoms with Gasteiger partial charge in [0.2, 0.25) is 5.95 Å². The summed E-state index contributed by atoms with van der Waals surface area (Å²) >= 11 is 0. The minimum atomic E-state index is 0.784. The minimum absolute atomic E-state index is 0.784. The van der Waals surface area contributed by atoms with Crippen LogP contribution < -0.4 is 4.90 Å². The maximum absolute atomic E-state index is 4.87. The summed E-state index contributed by atoms with van der Waals surface area (Å²) in [6.07, 6.45) is 0. The molecular formula is C16H20N6. The number of nitrogens with zero attached hydrogens (tertiary/aromatic N) is 6. The lowest BCUT2D eigenvalue weighted by molar-refractivity contribution is 0.310. The van der Waals surface area contributed by atoms with E-state index in [-0.39, 0.29) is 0 Å². The van der Waals surface area contributed by atoms with E-state index in [1.807, 2.05) is 11.4 Å². The van der Waals surface area contributed by atoms with Crippen LogP contribution in [0.1, 0.15) is 11.4 Å². The second-order valence-corrected chi connectivity index (χ2v) is 6.12. The molecule has 22 heavy (non-hydrogen) atoms.